The number of rotatable bonds is 5. The number of carbonyl (C=O) groups is 1. The predicted molar refractivity (Wildman–Crippen MR) is 92.1 cm³/mol. The van der Waals surface area contributed by atoms with Crippen LogP contribution in [0.3, 0.4) is 0 Å². The number of amides is 2. The molecule has 0 unspecified atom stereocenters. The molecule has 1 aliphatic carbocycles. The van der Waals surface area contributed by atoms with E-state index >= 15 is 0 Å². The van der Waals surface area contributed by atoms with Crippen molar-refractivity contribution in [1.29, 1.82) is 0 Å². The minimum absolute atomic E-state index is 0.201. The quantitative estimate of drug-likeness (QED) is 0.881. The molecule has 23 heavy (non-hydrogen) atoms. The molecular weight excluding hydrogens is 310 g/mol. The summed E-state index contributed by atoms with van der Waals surface area (Å²) in [5.74, 6) is 1.51. The Labute approximate surface area is 140 Å². The van der Waals surface area contributed by atoms with Crippen LogP contribution in [0, 0.1) is 6.92 Å². The van der Waals surface area contributed by atoms with Crippen molar-refractivity contribution in [2.45, 2.75) is 44.9 Å². The summed E-state index contributed by atoms with van der Waals surface area (Å²) in [7, 11) is 1.86. The summed E-state index contributed by atoms with van der Waals surface area (Å²) in [6.45, 7) is 4.67. The predicted octanol–water partition coefficient (Wildman–Crippen LogP) is 3.38. The van der Waals surface area contributed by atoms with Crippen molar-refractivity contribution in [2.75, 3.05) is 11.9 Å². The molecule has 1 aliphatic rings. The van der Waals surface area contributed by atoms with Crippen molar-refractivity contribution < 1.29 is 4.79 Å². The van der Waals surface area contributed by atoms with Gasteiger partial charge in [0.15, 0.2) is 0 Å². The summed E-state index contributed by atoms with van der Waals surface area (Å²) >= 11 is 1.67. The first-order valence-electron chi connectivity index (χ1n) is 8.04. The zero-order chi connectivity index (χ0) is 16.4. The van der Waals surface area contributed by atoms with Gasteiger partial charge in [0, 0.05) is 42.6 Å². The Morgan fingerprint density at radius 1 is 1.52 bits per heavy atom. The number of thiazole rings is 1. The second-order valence-electron chi connectivity index (χ2n) is 6.25. The Hall–Kier alpha value is -1.89. The summed E-state index contributed by atoms with van der Waals surface area (Å²) in [6, 6.07) is 1.78. The number of hydrogen-bond donors (Lipinski definition) is 2. The first-order chi connectivity index (χ1) is 11.0. The van der Waals surface area contributed by atoms with Crippen molar-refractivity contribution in [3.05, 3.63) is 27.8 Å². The molecule has 1 saturated carbocycles. The van der Waals surface area contributed by atoms with E-state index in [0.29, 0.717) is 12.5 Å². The van der Waals surface area contributed by atoms with Crippen molar-refractivity contribution >= 4 is 23.2 Å². The molecule has 0 radical (unpaired) electrons. The maximum absolute atomic E-state index is 12.1. The smallest absolute Gasteiger partial charge is 0.320 e. The largest absolute Gasteiger partial charge is 0.337 e. The zero-order valence-corrected chi connectivity index (χ0v) is 14.6. The van der Waals surface area contributed by atoms with E-state index in [0.717, 1.165) is 16.5 Å². The van der Waals surface area contributed by atoms with E-state index in [2.05, 4.69) is 27.6 Å². The van der Waals surface area contributed by atoms with E-state index in [1.54, 1.807) is 16.0 Å². The SMILES string of the molecule is Cc1cnc([C@H](C)CNC(=O)Nc2cc(C3CCC3)nn2C)s1. The summed E-state index contributed by atoms with van der Waals surface area (Å²) in [6.07, 6.45) is 5.55. The Balaban J connectivity index is 1.52. The lowest BCUT2D eigenvalue weighted by Crippen LogP contribution is -2.32. The average molecular weight is 333 g/mol. The van der Waals surface area contributed by atoms with Crippen LogP contribution in [-0.2, 0) is 7.05 Å². The highest BCUT2D eigenvalue weighted by Gasteiger charge is 2.23. The summed E-state index contributed by atoms with van der Waals surface area (Å²) in [5, 5.41) is 11.3. The van der Waals surface area contributed by atoms with Gasteiger partial charge in [0.2, 0.25) is 0 Å². The molecule has 2 heterocycles. The number of carbonyl (C=O) groups excluding carboxylic acids is 1. The average Bonchev–Trinajstić information content (AvgIpc) is 3.02. The van der Waals surface area contributed by atoms with Gasteiger partial charge in [-0.1, -0.05) is 13.3 Å². The number of aromatic nitrogens is 3. The van der Waals surface area contributed by atoms with Crippen LogP contribution in [0.2, 0.25) is 0 Å². The summed E-state index contributed by atoms with van der Waals surface area (Å²) < 4.78 is 1.74. The van der Waals surface area contributed by atoms with Crippen LogP contribution < -0.4 is 10.6 Å². The van der Waals surface area contributed by atoms with E-state index < -0.39 is 0 Å². The lowest BCUT2D eigenvalue weighted by molar-refractivity contribution is 0.251. The fraction of sp³-hybridized carbons (Fsp3) is 0.562. The van der Waals surface area contributed by atoms with Gasteiger partial charge in [-0.3, -0.25) is 10.00 Å². The van der Waals surface area contributed by atoms with Crippen LogP contribution in [0.4, 0.5) is 10.6 Å². The number of nitrogens with zero attached hydrogens (tertiary/aromatic N) is 3. The maximum atomic E-state index is 12.1. The minimum Gasteiger partial charge on any atom is -0.337 e. The van der Waals surface area contributed by atoms with Crippen LogP contribution >= 0.6 is 11.3 Å². The van der Waals surface area contributed by atoms with Crippen LogP contribution in [0.5, 0.6) is 0 Å². The topological polar surface area (TPSA) is 71.8 Å². The molecule has 0 bridgehead atoms. The van der Waals surface area contributed by atoms with Crippen molar-refractivity contribution in [3.63, 3.8) is 0 Å². The van der Waals surface area contributed by atoms with Crippen LogP contribution in [0.25, 0.3) is 0 Å². The van der Waals surface area contributed by atoms with Gasteiger partial charge >= 0.3 is 6.03 Å². The molecule has 7 heteroatoms. The molecule has 0 aromatic carbocycles. The standard InChI is InChI=1S/C16H23N5OS/c1-10(15-17-9-11(2)23-15)8-18-16(22)19-14-7-13(20-21(14)3)12-5-4-6-12/h7,9-10,12H,4-6,8H2,1-3H3,(H2,18,19,22)/t10-/m1/s1. The number of anilines is 1. The Kier molecular flexibility index (Phi) is 4.66. The Morgan fingerprint density at radius 3 is 2.91 bits per heavy atom. The third-order valence-corrected chi connectivity index (χ3v) is 5.44. The number of hydrogen-bond acceptors (Lipinski definition) is 4. The normalized spacial score (nSPS) is 16.0. The molecule has 2 N–H and O–H groups in total. The van der Waals surface area contributed by atoms with E-state index in [4.69, 9.17) is 0 Å². The monoisotopic (exact) mass is 333 g/mol. The molecule has 2 aromatic heterocycles. The molecule has 0 saturated heterocycles. The second kappa shape index (κ2) is 6.70. The summed E-state index contributed by atoms with van der Waals surface area (Å²) in [4.78, 5) is 17.6. The lowest BCUT2D eigenvalue weighted by atomic mass is 9.83. The molecule has 0 aliphatic heterocycles. The van der Waals surface area contributed by atoms with E-state index in [1.165, 1.54) is 24.1 Å². The lowest BCUT2D eigenvalue weighted by Gasteiger charge is -2.22. The molecule has 1 fully saturated rings. The van der Waals surface area contributed by atoms with E-state index in [1.807, 2.05) is 26.2 Å². The molecular formula is C16H23N5OS. The summed E-state index contributed by atoms with van der Waals surface area (Å²) in [5.41, 5.74) is 1.08. The highest BCUT2D eigenvalue weighted by molar-refractivity contribution is 7.11. The number of nitrogens with one attached hydrogen (secondary N) is 2. The maximum Gasteiger partial charge on any atom is 0.320 e. The van der Waals surface area contributed by atoms with Crippen LogP contribution in [0.15, 0.2) is 12.3 Å². The van der Waals surface area contributed by atoms with Crippen LogP contribution in [0.1, 0.15) is 53.6 Å². The molecule has 2 amide bonds. The van der Waals surface area contributed by atoms with Crippen molar-refractivity contribution in [3.8, 4) is 0 Å². The number of aryl methyl sites for hydroxylation is 2. The Morgan fingerprint density at radius 2 is 2.30 bits per heavy atom. The third kappa shape index (κ3) is 3.72. The van der Waals surface area contributed by atoms with Crippen molar-refractivity contribution in [2.24, 2.45) is 7.05 Å². The van der Waals surface area contributed by atoms with Crippen LogP contribution in [-0.4, -0.2) is 27.3 Å². The van der Waals surface area contributed by atoms with Gasteiger partial charge in [0.05, 0.1) is 10.7 Å². The van der Waals surface area contributed by atoms with Gasteiger partial charge in [0.25, 0.3) is 0 Å². The molecule has 6 nitrogen and oxygen atoms in total. The highest BCUT2D eigenvalue weighted by atomic mass is 32.1. The zero-order valence-electron chi connectivity index (χ0n) is 13.8. The molecule has 124 valence electrons. The minimum atomic E-state index is -0.201. The molecule has 2 aromatic rings. The van der Waals surface area contributed by atoms with Gasteiger partial charge in [-0.15, -0.1) is 11.3 Å². The first-order valence-corrected chi connectivity index (χ1v) is 8.85. The first kappa shape index (κ1) is 16.0. The molecule has 1 atom stereocenters. The van der Waals surface area contributed by atoms with Gasteiger partial charge in [-0.05, 0) is 19.8 Å². The van der Waals surface area contributed by atoms with Gasteiger partial charge in [-0.25, -0.2) is 9.78 Å². The Bertz CT molecular complexity index is 688. The fourth-order valence-electron chi connectivity index (χ4n) is 2.60. The van der Waals surface area contributed by atoms with Crippen molar-refractivity contribution in [1.82, 2.24) is 20.1 Å². The number of urea groups is 1. The third-order valence-electron chi connectivity index (χ3n) is 4.29. The van der Waals surface area contributed by atoms with Gasteiger partial charge in [0.1, 0.15) is 5.82 Å². The molecule has 0 spiro atoms. The fourth-order valence-corrected chi connectivity index (χ4v) is 3.43. The van der Waals surface area contributed by atoms with Gasteiger partial charge in [-0.2, -0.15) is 5.10 Å². The van der Waals surface area contributed by atoms with E-state index in [9.17, 15) is 4.79 Å². The van der Waals surface area contributed by atoms with Gasteiger partial charge < -0.3 is 5.32 Å². The van der Waals surface area contributed by atoms with E-state index in [-0.39, 0.29) is 11.9 Å². The highest BCUT2D eigenvalue weighted by Crippen LogP contribution is 2.36. The molecule has 3 rings (SSSR count). The second-order valence-corrected chi connectivity index (χ2v) is 7.52.